The van der Waals surface area contributed by atoms with Crippen LogP contribution in [0.5, 0.6) is 5.75 Å². The van der Waals surface area contributed by atoms with Gasteiger partial charge in [-0.15, -0.1) is 0 Å². The van der Waals surface area contributed by atoms with Crippen LogP contribution in [0.15, 0.2) is 24.3 Å². The second kappa shape index (κ2) is 14.8. The lowest BCUT2D eigenvalue weighted by atomic mass is 10.1. The molecule has 0 unspecified atom stereocenters. The van der Waals surface area contributed by atoms with Crippen LogP contribution in [0.1, 0.15) is 55.3 Å². The van der Waals surface area contributed by atoms with E-state index in [1.807, 2.05) is 0 Å². The molecule has 0 aliphatic carbocycles. The summed E-state index contributed by atoms with van der Waals surface area (Å²) in [5.41, 5.74) is 5.46. The number of benzene rings is 1. The molecule has 0 radical (unpaired) electrons. The summed E-state index contributed by atoms with van der Waals surface area (Å²) in [5, 5.41) is 8.13. The molecule has 6 amide bonds. The van der Waals surface area contributed by atoms with Crippen LogP contribution in [0.4, 0.5) is 0 Å². The second-order valence-corrected chi connectivity index (χ2v) is 9.92. The standard InChI is InChI=1S/C27H38N6O7/c1-32-16-17-40-21-7-3-2-6-18(21)25(37)31-19(26(38)29-13-5-15-33-14-4-8-24(33)36)10-12-23(35)30-20(27(32)39)9-11-22(28)34/h2-3,6-7,19-20H,4-5,8-17H2,1H3,(H2,28,34)(H,29,38)(H,30,35)(H,31,37)/t19-,20-/m0/s1. The van der Waals surface area contributed by atoms with Crippen molar-refractivity contribution >= 4 is 35.4 Å². The van der Waals surface area contributed by atoms with Gasteiger partial charge in [0.15, 0.2) is 0 Å². The molecule has 13 nitrogen and oxygen atoms in total. The van der Waals surface area contributed by atoms with Crippen LogP contribution in [0.2, 0.25) is 0 Å². The van der Waals surface area contributed by atoms with E-state index in [1.165, 1.54) is 4.90 Å². The first-order valence-electron chi connectivity index (χ1n) is 13.6. The monoisotopic (exact) mass is 558 g/mol. The summed E-state index contributed by atoms with van der Waals surface area (Å²) in [6.45, 7) is 1.74. The number of para-hydroxylation sites is 1. The summed E-state index contributed by atoms with van der Waals surface area (Å²) < 4.78 is 5.79. The smallest absolute Gasteiger partial charge is 0.255 e. The number of likely N-dealkylation sites (tertiary alicyclic amines) is 1. The Kier molecular flexibility index (Phi) is 11.3. The lowest BCUT2D eigenvalue weighted by molar-refractivity contribution is -0.136. The van der Waals surface area contributed by atoms with Gasteiger partial charge >= 0.3 is 0 Å². The lowest BCUT2D eigenvalue weighted by Crippen LogP contribution is -2.50. The summed E-state index contributed by atoms with van der Waals surface area (Å²) in [4.78, 5) is 78.3. The second-order valence-electron chi connectivity index (χ2n) is 9.92. The van der Waals surface area contributed by atoms with Gasteiger partial charge in [0.25, 0.3) is 5.91 Å². The van der Waals surface area contributed by atoms with E-state index in [0.717, 1.165) is 6.42 Å². The minimum Gasteiger partial charge on any atom is -0.491 e. The minimum absolute atomic E-state index is 0.0219. The molecule has 1 aromatic rings. The SMILES string of the molecule is CN1CCOc2ccccc2C(=O)N[C@H](C(=O)NCCCN2CCCC2=O)CCC(=O)N[C@@H](CCC(N)=O)C1=O. The van der Waals surface area contributed by atoms with Gasteiger partial charge in [-0.25, -0.2) is 0 Å². The highest BCUT2D eigenvalue weighted by atomic mass is 16.5. The maximum Gasteiger partial charge on any atom is 0.255 e. The number of carbonyl (C=O) groups is 6. The van der Waals surface area contributed by atoms with Crippen LogP contribution in [0, 0.1) is 0 Å². The number of nitrogens with zero attached hydrogens (tertiary/aromatic N) is 2. The highest BCUT2D eigenvalue weighted by Crippen LogP contribution is 2.19. The van der Waals surface area contributed by atoms with Gasteiger partial charge in [0.2, 0.25) is 29.5 Å². The maximum atomic E-state index is 13.2. The molecule has 3 rings (SSSR count). The van der Waals surface area contributed by atoms with E-state index >= 15 is 0 Å². The fourth-order valence-electron chi connectivity index (χ4n) is 4.58. The van der Waals surface area contributed by atoms with Crippen LogP contribution >= 0.6 is 0 Å². The van der Waals surface area contributed by atoms with Crippen LogP contribution < -0.4 is 26.4 Å². The van der Waals surface area contributed by atoms with Crippen molar-refractivity contribution in [1.29, 1.82) is 0 Å². The molecule has 0 saturated carbocycles. The van der Waals surface area contributed by atoms with E-state index in [0.29, 0.717) is 25.9 Å². The van der Waals surface area contributed by atoms with Crippen LogP contribution in [0.25, 0.3) is 0 Å². The van der Waals surface area contributed by atoms with Gasteiger partial charge in [0, 0.05) is 45.9 Å². The maximum absolute atomic E-state index is 13.2. The molecule has 13 heteroatoms. The third-order valence-corrected chi connectivity index (χ3v) is 6.86. The number of fused-ring (bicyclic) bond motifs is 1. The van der Waals surface area contributed by atoms with Crippen LogP contribution in [-0.2, 0) is 24.0 Å². The van der Waals surface area contributed by atoms with Crippen molar-refractivity contribution in [3.05, 3.63) is 29.8 Å². The summed E-state index contributed by atoms with van der Waals surface area (Å²) in [5.74, 6) is -2.16. The number of hydrogen-bond acceptors (Lipinski definition) is 7. The largest absolute Gasteiger partial charge is 0.491 e. The first kappa shape index (κ1) is 30.4. The van der Waals surface area contributed by atoms with Crippen molar-refractivity contribution in [3.63, 3.8) is 0 Å². The van der Waals surface area contributed by atoms with Crippen molar-refractivity contribution in [3.8, 4) is 5.75 Å². The minimum atomic E-state index is -1.05. The Morgan fingerprint density at radius 3 is 2.60 bits per heavy atom. The van der Waals surface area contributed by atoms with Crippen molar-refractivity contribution in [2.45, 2.75) is 57.0 Å². The van der Waals surface area contributed by atoms with Gasteiger partial charge in [-0.3, -0.25) is 28.8 Å². The third-order valence-electron chi connectivity index (χ3n) is 6.86. The predicted octanol–water partition coefficient (Wildman–Crippen LogP) is -0.705. The Bertz CT molecular complexity index is 1110. The number of rotatable bonds is 8. The number of nitrogens with one attached hydrogen (secondary N) is 3. The van der Waals surface area contributed by atoms with E-state index in [2.05, 4.69) is 16.0 Å². The molecule has 1 fully saturated rings. The average Bonchev–Trinajstić information content (AvgIpc) is 3.34. The Morgan fingerprint density at radius 1 is 1.10 bits per heavy atom. The zero-order valence-electron chi connectivity index (χ0n) is 22.8. The normalized spacial score (nSPS) is 20.9. The first-order chi connectivity index (χ1) is 19.2. The van der Waals surface area contributed by atoms with Gasteiger partial charge < -0.3 is 36.2 Å². The van der Waals surface area contributed by atoms with Gasteiger partial charge in [0.05, 0.1) is 12.1 Å². The van der Waals surface area contributed by atoms with E-state index in [1.54, 1.807) is 36.2 Å². The van der Waals surface area contributed by atoms with Crippen LogP contribution in [0.3, 0.4) is 0 Å². The molecule has 40 heavy (non-hydrogen) atoms. The highest BCUT2D eigenvalue weighted by Gasteiger charge is 2.28. The zero-order valence-corrected chi connectivity index (χ0v) is 22.8. The predicted molar refractivity (Wildman–Crippen MR) is 144 cm³/mol. The number of primary amides is 1. The molecule has 1 saturated heterocycles. The van der Waals surface area contributed by atoms with E-state index < -0.39 is 41.6 Å². The quantitative estimate of drug-likeness (QED) is 0.304. The molecule has 2 atom stereocenters. The Morgan fingerprint density at radius 2 is 1.88 bits per heavy atom. The molecule has 2 aliphatic rings. The first-order valence-corrected chi connectivity index (χ1v) is 13.6. The summed E-state index contributed by atoms with van der Waals surface area (Å²) in [7, 11) is 1.55. The fourth-order valence-corrected chi connectivity index (χ4v) is 4.58. The molecule has 2 heterocycles. The molecule has 0 bridgehead atoms. The van der Waals surface area contributed by atoms with Crippen molar-refractivity contribution < 1.29 is 33.5 Å². The molecular weight excluding hydrogens is 520 g/mol. The molecule has 0 aromatic heterocycles. The van der Waals surface area contributed by atoms with Gasteiger partial charge in [-0.1, -0.05) is 12.1 Å². The lowest BCUT2D eigenvalue weighted by Gasteiger charge is -2.24. The van der Waals surface area contributed by atoms with Crippen molar-refractivity contribution in [2.24, 2.45) is 5.73 Å². The molecule has 1 aromatic carbocycles. The number of ether oxygens (including phenoxy) is 1. The number of carbonyl (C=O) groups excluding carboxylic acids is 6. The summed E-state index contributed by atoms with van der Waals surface area (Å²) in [6, 6.07) is 4.51. The molecule has 2 aliphatic heterocycles. The molecular formula is C27H38N6O7. The molecule has 218 valence electrons. The Labute approximate surface area is 233 Å². The third kappa shape index (κ3) is 8.95. The average molecular weight is 559 g/mol. The fraction of sp³-hybridized carbons (Fsp3) is 0.556. The summed E-state index contributed by atoms with van der Waals surface area (Å²) in [6.07, 6.45) is 1.64. The Balaban J connectivity index is 1.74. The zero-order chi connectivity index (χ0) is 29.1. The van der Waals surface area contributed by atoms with Crippen molar-refractivity contribution in [1.82, 2.24) is 25.8 Å². The van der Waals surface area contributed by atoms with Crippen molar-refractivity contribution in [2.75, 3.05) is 39.8 Å². The number of amides is 6. The molecule has 0 spiro atoms. The van der Waals surface area contributed by atoms with E-state index in [-0.39, 0.29) is 62.6 Å². The van der Waals surface area contributed by atoms with Gasteiger partial charge in [-0.05, 0) is 37.8 Å². The number of nitrogens with two attached hydrogens (primary N) is 1. The van der Waals surface area contributed by atoms with E-state index in [9.17, 15) is 28.8 Å². The van der Waals surface area contributed by atoms with Crippen LogP contribution in [-0.4, -0.2) is 97.2 Å². The number of hydrogen-bond donors (Lipinski definition) is 4. The number of likely N-dealkylation sites (N-methyl/N-ethyl adjacent to an activating group) is 1. The Hall–Kier alpha value is -4.16. The topological polar surface area (TPSA) is 180 Å². The summed E-state index contributed by atoms with van der Waals surface area (Å²) >= 11 is 0. The van der Waals surface area contributed by atoms with E-state index in [4.69, 9.17) is 10.5 Å². The highest BCUT2D eigenvalue weighted by molar-refractivity contribution is 5.99. The van der Waals surface area contributed by atoms with Gasteiger partial charge in [-0.2, -0.15) is 0 Å². The molecule has 5 N–H and O–H groups in total. The van der Waals surface area contributed by atoms with Gasteiger partial charge in [0.1, 0.15) is 24.4 Å².